The lowest BCUT2D eigenvalue weighted by atomic mass is 10.3. The second-order valence-corrected chi connectivity index (χ2v) is 8.12. The molecule has 0 unspecified atom stereocenters. The molecule has 0 aliphatic carbocycles. The first-order valence-electron chi connectivity index (χ1n) is 7.13. The SMILES string of the molecule is COC(=O)/C(=C/Nc1ccsc1C(=O)OC)S(=O)(=O)c1ccc(F)c(Cl)c1. The van der Waals surface area contributed by atoms with E-state index in [2.05, 4.69) is 14.8 Å². The lowest BCUT2D eigenvalue weighted by Gasteiger charge is -2.09. The molecule has 0 fully saturated rings. The summed E-state index contributed by atoms with van der Waals surface area (Å²) in [6, 6.07) is 4.22. The minimum Gasteiger partial charge on any atom is -0.465 e. The van der Waals surface area contributed by atoms with Crippen LogP contribution in [0.25, 0.3) is 0 Å². The van der Waals surface area contributed by atoms with Crippen molar-refractivity contribution in [1.29, 1.82) is 0 Å². The summed E-state index contributed by atoms with van der Waals surface area (Å²) >= 11 is 6.69. The van der Waals surface area contributed by atoms with Gasteiger partial charge in [0.1, 0.15) is 10.7 Å². The molecule has 0 saturated heterocycles. The Kier molecular flexibility index (Phi) is 6.58. The van der Waals surface area contributed by atoms with Crippen molar-refractivity contribution in [3.05, 3.63) is 56.5 Å². The molecule has 0 radical (unpaired) electrons. The third kappa shape index (κ3) is 4.46. The Hall–Kier alpha value is -2.43. The number of halogens is 2. The van der Waals surface area contributed by atoms with E-state index in [4.69, 9.17) is 11.6 Å². The number of sulfone groups is 1. The number of carbonyl (C=O) groups is 2. The number of ether oxygens (including phenoxy) is 2. The van der Waals surface area contributed by atoms with Crippen molar-refractivity contribution in [3.8, 4) is 0 Å². The van der Waals surface area contributed by atoms with Crippen LogP contribution in [0.3, 0.4) is 0 Å². The fourth-order valence-electron chi connectivity index (χ4n) is 1.93. The average Bonchev–Trinajstić information content (AvgIpc) is 3.11. The van der Waals surface area contributed by atoms with Crippen LogP contribution < -0.4 is 5.32 Å². The first-order valence-corrected chi connectivity index (χ1v) is 9.87. The Balaban J connectivity index is 2.47. The predicted octanol–water partition coefficient (Wildman–Crippen LogP) is 3.23. The van der Waals surface area contributed by atoms with Crippen LogP contribution in [0.2, 0.25) is 5.02 Å². The summed E-state index contributed by atoms with van der Waals surface area (Å²) in [5.41, 5.74) is 0.237. The Morgan fingerprint density at radius 2 is 1.93 bits per heavy atom. The molecule has 1 aromatic carbocycles. The molecule has 0 aliphatic rings. The van der Waals surface area contributed by atoms with E-state index in [-0.39, 0.29) is 10.6 Å². The number of anilines is 1. The number of hydrogen-bond acceptors (Lipinski definition) is 8. The van der Waals surface area contributed by atoms with Gasteiger partial charge < -0.3 is 14.8 Å². The molecule has 1 heterocycles. The molecule has 0 atom stereocenters. The van der Waals surface area contributed by atoms with Gasteiger partial charge in [0.05, 0.1) is 29.8 Å². The van der Waals surface area contributed by atoms with Crippen molar-refractivity contribution in [2.75, 3.05) is 19.5 Å². The molecule has 1 aromatic heterocycles. The quantitative estimate of drug-likeness (QED) is 0.424. The van der Waals surface area contributed by atoms with Gasteiger partial charge in [0, 0.05) is 6.20 Å². The molecule has 0 bridgehead atoms. The number of thiophene rings is 1. The van der Waals surface area contributed by atoms with Crippen LogP contribution in [0.5, 0.6) is 0 Å². The highest BCUT2D eigenvalue weighted by atomic mass is 35.5. The molecule has 0 amide bonds. The summed E-state index contributed by atoms with van der Waals surface area (Å²) in [7, 11) is -2.18. The van der Waals surface area contributed by atoms with Crippen LogP contribution in [0, 0.1) is 5.82 Å². The fourth-order valence-corrected chi connectivity index (χ4v) is 4.24. The third-order valence-corrected chi connectivity index (χ3v) is 6.19. The van der Waals surface area contributed by atoms with Gasteiger partial charge in [-0.25, -0.2) is 22.4 Å². The van der Waals surface area contributed by atoms with Crippen molar-refractivity contribution in [1.82, 2.24) is 0 Å². The summed E-state index contributed by atoms with van der Waals surface area (Å²) < 4.78 is 48.0. The van der Waals surface area contributed by atoms with Crippen molar-refractivity contribution in [3.63, 3.8) is 0 Å². The maximum Gasteiger partial charge on any atom is 0.351 e. The van der Waals surface area contributed by atoms with Crippen molar-refractivity contribution >= 4 is 50.4 Å². The Morgan fingerprint density at radius 1 is 1.22 bits per heavy atom. The molecule has 2 aromatic rings. The van der Waals surface area contributed by atoms with E-state index in [1.807, 2.05) is 0 Å². The monoisotopic (exact) mass is 433 g/mol. The van der Waals surface area contributed by atoms with Crippen LogP contribution in [0.1, 0.15) is 9.67 Å². The molecule has 11 heteroatoms. The highest BCUT2D eigenvalue weighted by Crippen LogP contribution is 2.27. The van der Waals surface area contributed by atoms with Gasteiger partial charge in [0.2, 0.25) is 9.84 Å². The topological polar surface area (TPSA) is 98.8 Å². The molecular formula is C16H13ClFNO6S2. The molecule has 144 valence electrons. The molecule has 2 rings (SSSR count). The summed E-state index contributed by atoms with van der Waals surface area (Å²) in [4.78, 5) is 22.7. The summed E-state index contributed by atoms with van der Waals surface area (Å²) in [6.45, 7) is 0. The minimum absolute atomic E-state index is 0.181. The Bertz CT molecular complexity index is 1020. The zero-order valence-electron chi connectivity index (χ0n) is 14.0. The van der Waals surface area contributed by atoms with Gasteiger partial charge in [-0.1, -0.05) is 11.6 Å². The number of carbonyl (C=O) groups excluding carboxylic acids is 2. The molecule has 7 nitrogen and oxygen atoms in total. The van der Waals surface area contributed by atoms with E-state index in [1.165, 1.54) is 13.2 Å². The van der Waals surface area contributed by atoms with Gasteiger partial charge in [-0.3, -0.25) is 0 Å². The number of methoxy groups -OCH3 is 2. The van der Waals surface area contributed by atoms with Crippen LogP contribution in [0.15, 0.2) is 45.6 Å². The van der Waals surface area contributed by atoms with Crippen LogP contribution in [0.4, 0.5) is 10.1 Å². The second-order valence-electron chi connectivity index (χ2n) is 4.88. The number of hydrogen-bond donors (Lipinski definition) is 1. The number of benzene rings is 1. The lowest BCUT2D eigenvalue weighted by Crippen LogP contribution is -2.17. The largest absolute Gasteiger partial charge is 0.465 e. The molecule has 0 aliphatic heterocycles. The first kappa shape index (κ1) is 20.9. The normalized spacial score (nSPS) is 11.8. The first-order chi connectivity index (χ1) is 12.7. The number of esters is 2. The summed E-state index contributed by atoms with van der Waals surface area (Å²) in [5.74, 6) is -2.59. The highest BCUT2D eigenvalue weighted by molar-refractivity contribution is 7.96. The van der Waals surface area contributed by atoms with Crippen LogP contribution in [-0.4, -0.2) is 34.6 Å². The van der Waals surface area contributed by atoms with Crippen LogP contribution in [-0.2, 0) is 24.1 Å². The number of rotatable bonds is 6. The van der Waals surface area contributed by atoms with Gasteiger partial charge in [-0.05, 0) is 29.6 Å². The molecule has 1 N–H and O–H groups in total. The van der Waals surface area contributed by atoms with Gasteiger partial charge in [-0.2, -0.15) is 0 Å². The lowest BCUT2D eigenvalue weighted by molar-refractivity contribution is -0.135. The Morgan fingerprint density at radius 3 is 2.52 bits per heavy atom. The van der Waals surface area contributed by atoms with Gasteiger partial charge in [0.15, 0.2) is 4.91 Å². The van der Waals surface area contributed by atoms with Crippen LogP contribution >= 0.6 is 22.9 Å². The molecule has 0 spiro atoms. The van der Waals surface area contributed by atoms with E-state index in [0.717, 1.165) is 42.8 Å². The average molecular weight is 434 g/mol. The van der Waals surface area contributed by atoms with E-state index in [0.29, 0.717) is 0 Å². The maximum absolute atomic E-state index is 13.3. The van der Waals surface area contributed by atoms with Crippen molar-refractivity contribution in [2.45, 2.75) is 4.90 Å². The fraction of sp³-hybridized carbons (Fsp3) is 0.125. The van der Waals surface area contributed by atoms with E-state index >= 15 is 0 Å². The summed E-state index contributed by atoms with van der Waals surface area (Å²) in [6.07, 6.45) is 0.882. The summed E-state index contributed by atoms with van der Waals surface area (Å²) in [5, 5.41) is 3.75. The van der Waals surface area contributed by atoms with E-state index < -0.39 is 42.4 Å². The van der Waals surface area contributed by atoms with Gasteiger partial charge in [-0.15, -0.1) is 11.3 Å². The zero-order valence-corrected chi connectivity index (χ0v) is 16.4. The Labute approximate surface area is 163 Å². The standard InChI is InChI=1S/C16H13ClFNO6S2/c1-24-15(20)13(8-19-12-5-6-26-14(12)16(21)25-2)27(22,23)9-3-4-11(18)10(17)7-9/h3-8,19H,1-2H3/b13-8-. The zero-order chi connectivity index (χ0) is 20.2. The van der Waals surface area contributed by atoms with Gasteiger partial charge >= 0.3 is 11.9 Å². The van der Waals surface area contributed by atoms with E-state index in [1.54, 1.807) is 5.38 Å². The molecule has 0 saturated carbocycles. The highest BCUT2D eigenvalue weighted by Gasteiger charge is 2.29. The molecular weight excluding hydrogens is 421 g/mol. The third-order valence-electron chi connectivity index (χ3n) is 3.27. The maximum atomic E-state index is 13.3. The van der Waals surface area contributed by atoms with Crippen molar-refractivity contribution in [2.24, 2.45) is 0 Å². The van der Waals surface area contributed by atoms with E-state index in [9.17, 15) is 22.4 Å². The predicted molar refractivity (Wildman–Crippen MR) is 98.0 cm³/mol. The molecule has 27 heavy (non-hydrogen) atoms. The minimum atomic E-state index is -4.38. The number of nitrogens with one attached hydrogen (secondary N) is 1. The smallest absolute Gasteiger partial charge is 0.351 e. The van der Waals surface area contributed by atoms with Gasteiger partial charge in [0.25, 0.3) is 0 Å². The second kappa shape index (κ2) is 8.51. The van der Waals surface area contributed by atoms with Crippen molar-refractivity contribution < 1.29 is 31.9 Å².